The number of imide groups is 1. The summed E-state index contributed by atoms with van der Waals surface area (Å²) < 4.78 is 50.2. The van der Waals surface area contributed by atoms with Gasteiger partial charge in [-0.2, -0.15) is 13.2 Å². The molecule has 2 rings (SSSR count). The fourth-order valence-corrected chi connectivity index (χ4v) is 2.30. The van der Waals surface area contributed by atoms with Crippen LogP contribution in [-0.4, -0.2) is 35.8 Å². The molecular weight excluding hydrogens is 315 g/mol. The molecule has 1 heterocycles. The number of methoxy groups -OCH3 is 1. The average molecular weight is 331 g/mol. The van der Waals surface area contributed by atoms with E-state index in [1.807, 2.05) is 0 Å². The van der Waals surface area contributed by atoms with Crippen LogP contribution in [0.2, 0.25) is 0 Å². The molecule has 8 heteroatoms. The molecule has 0 unspecified atom stereocenters. The Bertz CT molecular complexity index is 649. The maximum Gasteiger partial charge on any atom is 0.418 e. The molecule has 126 valence electrons. The van der Waals surface area contributed by atoms with Gasteiger partial charge in [-0.1, -0.05) is 0 Å². The van der Waals surface area contributed by atoms with Crippen LogP contribution in [0, 0.1) is 0 Å². The molecule has 0 spiro atoms. The average Bonchev–Trinajstić information content (AvgIpc) is 2.69. The molecule has 1 aliphatic heterocycles. The van der Waals surface area contributed by atoms with Gasteiger partial charge in [0.1, 0.15) is 11.4 Å². The van der Waals surface area contributed by atoms with Gasteiger partial charge >= 0.3 is 12.3 Å². The van der Waals surface area contributed by atoms with Crippen molar-refractivity contribution in [2.24, 2.45) is 0 Å². The second kappa shape index (κ2) is 5.43. The number of hydrogen-bond donors (Lipinski definition) is 0. The van der Waals surface area contributed by atoms with Gasteiger partial charge < -0.3 is 9.47 Å². The van der Waals surface area contributed by atoms with Crippen LogP contribution < -0.4 is 4.74 Å². The van der Waals surface area contributed by atoms with E-state index in [4.69, 9.17) is 9.47 Å². The molecule has 1 atom stereocenters. The number of rotatable bonds is 1. The number of carbonyl (C=O) groups is 2. The Morgan fingerprint density at radius 2 is 1.83 bits per heavy atom. The molecule has 0 saturated carbocycles. The van der Waals surface area contributed by atoms with Crippen molar-refractivity contribution in [2.75, 3.05) is 7.11 Å². The highest BCUT2D eigenvalue weighted by Gasteiger charge is 2.56. The maximum absolute atomic E-state index is 13.4. The molecule has 1 aliphatic rings. The Hall–Kier alpha value is -2.25. The second-order valence-corrected chi connectivity index (χ2v) is 6.05. The molecule has 5 nitrogen and oxygen atoms in total. The highest BCUT2D eigenvalue weighted by atomic mass is 19.4. The number of carbonyl (C=O) groups excluding carboxylic acids is 2. The van der Waals surface area contributed by atoms with E-state index in [0.717, 1.165) is 6.07 Å². The van der Waals surface area contributed by atoms with Crippen molar-refractivity contribution in [2.45, 2.75) is 38.6 Å². The predicted molar refractivity (Wildman–Crippen MR) is 74.2 cm³/mol. The fourth-order valence-electron chi connectivity index (χ4n) is 2.30. The zero-order chi connectivity index (χ0) is 17.6. The van der Waals surface area contributed by atoms with E-state index in [2.05, 4.69) is 0 Å². The molecule has 0 bridgehead atoms. The Balaban J connectivity index is 2.52. The summed E-state index contributed by atoms with van der Waals surface area (Å²) in [6.45, 7) is 4.51. The first-order chi connectivity index (χ1) is 10.5. The molecule has 0 aliphatic carbocycles. The Morgan fingerprint density at radius 1 is 1.22 bits per heavy atom. The van der Waals surface area contributed by atoms with Crippen molar-refractivity contribution in [3.63, 3.8) is 0 Å². The SMILES string of the molecule is COc1ccc2c(c1)[C@@H](C(F)(F)F)N(C(=O)OC(C)(C)C)C2=O. The molecule has 0 N–H and O–H groups in total. The zero-order valence-electron chi connectivity index (χ0n) is 13.0. The van der Waals surface area contributed by atoms with Crippen LogP contribution in [0.15, 0.2) is 18.2 Å². The van der Waals surface area contributed by atoms with Gasteiger partial charge in [-0.25, -0.2) is 9.69 Å². The molecule has 0 fully saturated rings. The molecule has 1 aromatic rings. The summed E-state index contributed by atoms with van der Waals surface area (Å²) >= 11 is 0. The summed E-state index contributed by atoms with van der Waals surface area (Å²) in [6, 6.07) is 1.29. The Kier molecular flexibility index (Phi) is 4.04. The molecule has 0 radical (unpaired) electrons. The number of ether oxygens (including phenoxy) is 2. The number of halogens is 3. The van der Waals surface area contributed by atoms with Crippen LogP contribution in [0.3, 0.4) is 0 Å². The standard InChI is InChI=1S/C15H16F3NO4/c1-14(2,3)23-13(21)19-11(15(16,17)18)10-7-8(22-4)5-6-9(10)12(19)20/h5-7,11H,1-4H3/t11-/m0/s1. The van der Waals surface area contributed by atoms with E-state index in [9.17, 15) is 22.8 Å². The molecule has 0 aromatic heterocycles. The molecule has 0 saturated heterocycles. The van der Waals surface area contributed by atoms with Gasteiger partial charge in [0.15, 0.2) is 6.04 Å². The summed E-state index contributed by atoms with van der Waals surface area (Å²) in [5.74, 6) is -0.879. The van der Waals surface area contributed by atoms with Gasteiger partial charge in [-0.15, -0.1) is 0 Å². The molecular formula is C15H16F3NO4. The minimum Gasteiger partial charge on any atom is -0.497 e. The van der Waals surface area contributed by atoms with Gasteiger partial charge in [0, 0.05) is 11.1 Å². The summed E-state index contributed by atoms with van der Waals surface area (Å²) in [5, 5.41) is 0. The predicted octanol–water partition coefficient (Wildman–Crippen LogP) is 3.69. The van der Waals surface area contributed by atoms with Crippen molar-refractivity contribution in [1.82, 2.24) is 4.90 Å². The lowest BCUT2D eigenvalue weighted by Gasteiger charge is -2.28. The van der Waals surface area contributed by atoms with Crippen LogP contribution in [-0.2, 0) is 4.74 Å². The van der Waals surface area contributed by atoms with Crippen LogP contribution in [0.1, 0.15) is 42.7 Å². The van der Waals surface area contributed by atoms with Crippen molar-refractivity contribution in [3.8, 4) is 5.75 Å². The first kappa shape index (κ1) is 17.1. The summed E-state index contributed by atoms with van der Waals surface area (Å²) in [4.78, 5) is 24.5. The molecule has 1 aromatic carbocycles. The number of nitrogens with zero attached hydrogens (tertiary/aromatic N) is 1. The van der Waals surface area contributed by atoms with Gasteiger partial charge in [-0.3, -0.25) is 4.79 Å². The zero-order valence-corrected chi connectivity index (χ0v) is 13.0. The van der Waals surface area contributed by atoms with E-state index >= 15 is 0 Å². The monoisotopic (exact) mass is 331 g/mol. The lowest BCUT2D eigenvalue weighted by atomic mass is 10.0. The smallest absolute Gasteiger partial charge is 0.418 e. The number of fused-ring (bicyclic) bond motifs is 1. The summed E-state index contributed by atoms with van der Waals surface area (Å²) in [5.41, 5.74) is -1.55. The van der Waals surface area contributed by atoms with Crippen LogP contribution in [0.5, 0.6) is 5.75 Å². The lowest BCUT2D eigenvalue weighted by molar-refractivity contribution is -0.174. The van der Waals surface area contributed by atoms with Crippen LogP contribution in [0.4, 0.5) is 18.0 Å². The largest absolute Gasteiger partial charge is 0.497 e. The Labute approximate surface area is 131 Å². The number of benzene rings is 1. The van der Waals surface area contributed by atoms with Crippen LogP contribution >= 0.6 is 0 Å². The van der Waals surface area contributed by atoms with E-state index in [1.54, 1.807) is 0 Å². The highest BCUT2D eigenvalue weighted by Crippen LogP contribution is 2.46. The summed E-state index contributed by atoms with van der Waals surface area (Å²) in [7, 11) is 1.30. The summed E-state index contributed by atoms with van der Waals surface area (Å²) in [6.07, 6.45) is -6.16. The highest BCUT2D eigenvalue weighted by molar-refractivity contribution is 6.07. The number of hydrogen-bond acceptors (Lipinski definition) is 4. The number of alkyl halides is 3. The normalized spacial score (nSPS) is 18.0. The van der Waals surface area contributed by atoms with Crippen molar-refractivity contribution < 1.29 is 32.2 Å². The van der Waals surface area contributed by atoms with E-state index in [1.165, 1.54) is 40.0 Å². The maximum atomic E-state index is 13.4. The fraction of sp³-hybridized carbons (Fsp3) is 0.467. The third-order valence-corrected chi connectivity index (χ3v) is 3.16. The minimum atomic E-state index is -4.83. The van der Waals surface area contributed by atoms with E-state index < -0.39 is 29.8 Å². The number of amides is 2. The second-order valence-electron chi connectivity index (χ2n) is 6.05. The van der Waals surface area contributed by atoms with E-state index in [0.29, 0.717) is 0 Å². The van der Waals surface area contributed by atoms with Gasteiger partial charge in [0.05, 0.1) is 7.11 Å². The van der Waals surface area contributed by atoms with Crippen molar-refractivity contribution in [3.05, 3.63) is 29.3 Å². The first-order valence-corrected chi connectivity index (χ1v) is 6.77. The first-order valence-electron chi connectivity index (χ1n) is 6.77. The van der Waals surface area contributed by atoms with Gasteiger partial charge in [0.25, 0.3) is 5.91 Å². The van der Waals surface area contributed by atoms with Crippen molar-refractivity contribution >= 4 is 12.0 Å². The minimum absolute atomic E-state index is 0.107. The third-order valence-electron chi connectivity index (χ3n) is 3.16. The Morgan fingerprint density at radius 3 is 2.30 bits per heavy atom. The molecule has 23 heavy (non-hydrogen) atoms. The van der Waals surface area contributed by atoms with Crippen LogP contribution in [0.25, 0.3) is 0 Å². The van der Waals surface area contributed by atoms with Gasteiger partial charge in [0.2, 0.25) is 0 Å². The van der Waals surface area contributed by atoms with E-state index in [-0.39, 0.29) is 21.8 Å². The van der Waals surface area contributed by atoms with Gasteiger partial charge in [-0.05, 0) is 39.0 Å². The lowest BCUT2D eigenvalue weighted by Crippen LogP contribution is -2.43. The topological polar surface area (TPSA) is 55.8 Å². The van der Waals surface area contributed by atoms with Crippen molar-refractivity contribution in [1.29, 1.82) is 0 Å². The quantitative estimate of drug-likeness (QED) is 0.787. The third kappa shape index (κ3) is 3.25. The molecule has 2 amide bonds.